The molecule has 0 aromatic heterocycles. The fraction of sp³-hybridized carbons (Fsp3) is 0.875. The maximum Gasteiger partial charge on any atom is 0.216 e. The molecule has 0 fully saturated rings. The molecule has 0 heterocycles. The van der Waals surface area contributed by atoms with E-state index in [0.29, 0.717) is 6.04 Å². The van der Waals surface area contributed by atoms with Crippen LogP contribution < -0.4 is 16.0 Å². The number of hydrogen-bond acceptors (Lipinski definition) is 4. The van der Waals surface area contributed by atoms with Crippen molar-refractivity contribution >= 4 is 23.6 Å². The number of thioether (sulfide) groups is 1. The molecule has 6 heteroatoms. The highest BCUT2D eigenvalue weighted by atomic mass is 32.2. The molecule has 0 aliphatic rings. The van der Waals surface area contributed by atoms with E-state index in [9.17, 15) is 9.59 Å². The van der Waals surface area contributed by atoms with Gasteiger partial charge in [-0.1, -0.05) is 20.3 Å². The molecular weight excluding hydrogens is 298 g/mol. The number of amides is 2. The Hall–Kier alpha value is -0.750. The summed E-state index contributed by atoms with van der Waals surface area (Å²) in [6.07, 6.45) is 2.60. The Morgan fingerprint density at radius 1 is 1.00 bits per heavy atom. The topological polar surface area (TPSA) is 70.2 Å². The molecule has 0 rings (SSSR count). The Morgan fingerprint density at radius 2 is 1.41 bits per heavy atom. The summed E-state index contributed by atoms with van der Waals surface area (Å²) in [5.41, 5.74) is 0. The molecule has 134 valence electrons. The first-order chi connectivity index (χ1) is 10.2. The minimum absolute atomic E-state index is 0.00463. The highest BCUT2D eigenvalue weighted by Crippen LogP contribution is 2.12. The van der Waals surface area contributed by atoms with Crippen molar-refractivity contribution < 1.29 is 9.59 Å². The summed E-state index contributed by atoms with van der Waals surface area (Å²) >= 11 is 2.09. The van der Waals surface area contributed by atoms with Gasteiger partial charge in [0, 0.05) is 34.0 Å². The third-order valence-corrected chi connectivity index (χ3v) is 4.32. The molecule has 0 saturated carbocycles. The minimum atomic E-state index is 0.00463. The van der Waals surface area contributed by atoms with Crippen molar-refractivity contribution in [2.45, 2.75) is 53.5 Å². The quantitative estimate of drug-likeness (QED) is 0.624. The number of carbonyl (C=O) groups is 2. The van der Waals surface area contributed by atoms with Crippen molar-refractivity contribution in [3.05, 3.63) is 0 Å². The Balaban J connectivity index is -0.000000298. The number of carbonyl (C=O) groups excluding carboxylic acids is 2. The summed E-state index contributed by atoms with van der Waals surface area (Å²) in [6.45, 7) is 9.78. The molecule has 0 aliphatic carbocycles. The molecule has 0 aromatic rings. The molecule has 2 amide bonds. The average Bonchev–Trinajstić information content (AvgIpc) is 2.51. The second-order valence-electron chi connectivity index (χ2n) is 5.18. The van der Waals surface area contributed by atoms with Gasteiger partial charge in [0.1, 0.15) is 0 Å². The van der Waals surface area contributed by atoms with Gasteiger partial charge >= 0.3 is 0 Å². The molecule has 2 unspecified atom stereocenters. The van der Waals surface area contributed by atoms with Crippen LogP contribution in [0.1, 0.15) is 47.5 Å². The SMILES string of the molecule is CCC(C)CSCCC(C)NC.CNC(C)=O.CNC(C)=O. The molecule has 0 bridgehead atoms. The third-order valence-electron chi connectivity index (χ3n) is 2.99. The second-order valence-corrected chi connectivity index (χ2v) is 6.33. The molecule has 5 nitrogen and oxygen atoms in total. The van der Waals surface area contributed by atoms with E-state index in [2.05, 4.69) is 48.5 Å². The highest BCUT2D eigenvalue weighted by molar-refractivity contribution is 7.99. The van der Waals surface area contributed by atoms with Gasteiger partial charge in [0.05, 0.1) is 0 Å². The molecule has 0 aliphatic heterocycles. The van der Waals surface area contributed by atoms with Crippen molar-refractivity contribution in [3.63, 3.8) is 0 Å². The summed E-state index contributed by atoms with van der Waals surface area (Å²) in [4.78, 5) is 19.4. The molecule has 0 aromatic carbocycles. The summed E-state index contributed by atoms with van der Waals surface area (Å²) in [5.74, 6) is 3.52. The van der Waals surface area contributed by atoms with E-state index in [-0.39, 0.29) is 11.8 Å². The standard InChI is InChI=1S/C10H23NS.2C3H7NO/c1-5-9(2)8-12-7-6-10(3)11-4;2*1-3(5)4-2/h9-11H,5-8H2,1-4H3;2*1-2H3,(H,4,5). The van der Waals surface area contributed by atoms with E-state index in [1.807, 2.05) is 7.05 Å². The van der Waals surface area contributed by atoms with Gasteiger partial charge in [0.25, 0.3) is 0 Å². The fourth-order valence-corrected chi connectivity index (χ4v) is 2.13. The van der Waals surface area contributed by atoms with Crippen LogP contribution in [0.15, 0.2) is 0 Å². The normalized spacial score (nSPS) is 11.8. The van der Waals surface area contributed by atoms with Gasteiger partial charge in [-0.3, -0.25) is 9.59 Å². The van der Waals surface area contributed by atoms with Gasteiger partial charge in [-0.2, -0.15) is 11.8 Å². The second kappa shape index (κ2) is 20.2. The zero-order valence-corrected chi connectivity index (χ0v) is 16.5. The van der Waals surface area contributed by atoms with Crippen LogP contribution in [0.2, 0.25) is 0 Å². The number of hydrogen-bond donors (Lipinski definition) is 3. The molecule has 22 heavy (non-hydrogen) atoms. The van der Waals surface area contributed by atoms with Crippen LogP contribution in [0.25, 0.3) is 0 Å². The van der Waals surface area contributed by atoms with E-state index in [1.54, 1.807) is 14.1 Å². The Bertz CT molecular complexity index is 238. The van der Waals surface area contributed by atoms with E-state index < -0.39 is 0 Å². The van der Waals surface area contributed by atoms with Gasteiger partial charge in [-0.25, -0.2) is 0 Å². The number of nitrogens with one attached hydrogen (secondary N) is 3. The maximum atomic E-state index is 9.70. The summed E-state index contributed by atoms with van der Waals surface area (Å²) < 4.78 is 0. The van der Waals surface area contributed by atoms with Crippen LogP contribution in [0, 0.1) is 5.92 Å². The fourth-order valence-electron chi connectivity index (χ4n) is 0.807. The molecule has 2 atom stereocenters. The van der Waals surface area contributed by atoms with Gasteiger partial charge in [-0.05, 0) is 37.8 Å². The summed E-state index contributed by atoms with van der Waals surface area (Å²) in [5, 5.41) is 8.03. The molecule has 0 saturated heterocycles. The lowest BCUT2D eigenvalue weighted by Crippen LogP contribution is -2.21. The predicted octanol–water partition coefficient (Wildman–Crippen LogP) is 2.27. The van der Waals surface area contributed by atoms with Crippen molar-refractivity contribution in [2.24, 2.45) is 5.92 Å². The molecule has 0 radical (unpaired) electrons. The van der Waals surface area contributed by atoms with E-state index in [4.69, 9.17) is 0 Å². The number of rotatable bonds is 7. The van der Waals surface area contributed by atoms with Crippen molar-refractivity contribution in [3.8, 4) is 0 Å². The Kier molecular flexibility index (Phi) is 24.1. The van der Waals surface area contributed by atoms with E-state index in [1.165, 1.54) is 38.2 Å². The summed E-state index contributed by atoms with van der Waals surface area (Å²) in [7, 11) is 5.23. The van der Waals surface area contributed by atoms with Gasteiger partial charge in [0.2, 0.25) is 11.8 Å². The van der Waals surface area contributed by atoms with Crippen LogP contribution in [-0.4, -0.2) is 50.5 Å². The van der Waals surface area contributed by atoms with Crippen molar-refractivity contribution in [1.29, 1.82) is 0 Å². The van der Waals surface area contributed by atoms with Crippen LogP contribution in [-0.2, 0) is 9.59 Å². The average molecular weight is 336 g/mol. The summed E-state index contributed by atoms with van der Waals surface area (Å²) in [6, 6.07) is 0.675. The monoisotopic (exact) mass is 335 g/mol. The van der Waals surface area contributed by atoms with Crippen LogP contribution in [0.5, 0.6) is 0 Å². The van der Waals surface area contributed by atoms with Gasteiger partial charge in [-0.15, -0.1) is 0 Å². The lowest BCUT2D eigenvalue weighted by molar-refractivity contribution is -0.119. The largest absolute Gasteiger partial charge is 0.359 e. The molecule has 0 spiro atoms. The molecular formula is C16H37N3O2S. The first-order valence-corrected chi connectivity index (χ1v) is 9.02. The smallest absolute Gasteiger partial charge is 0.216 e. The zero-order chi connectivity index (χ0) is 18.0. The lowest BCUT2D eigenvalue weighted by Gasteiger charge is -2.11. The van der Waals surface area contributed by atoms with Crippen molar-refractivity contribution in [2.75, 3.05) is 32.6 Å². The first-order valence-electron chi connectivity index (χ1n) is 7.86. The van der Waals surface area contributed by atoms with E-state index in [0.717, 1.165) is 5.92 Å². The lowest BCUT2D eigenvalue weighted by atomic mass is 10.2. The maximum absolute atomic E-state index is 9.70. The predicted molar refractivity (Wildman–Crippen MR) is 99.4 cm³/mol. The van der Waals surface area contributed by atoms with Gasteiger partial charge < -0.3 is 16.0 Å². The molecule has 3 N–H and O–H groups in total. The minimum Gasteiger partial charge on any atom is -0.359 e. The van der Waals surface area contributed by atoms with E-state index >= 15 is 0 Å². The van der Waals surface area contributed by atoms with Gasteiger partial charge in [0.15, 0.2) is 0 Å². The van der Waals surface area contributed by atoms with Crippen molar-refractivity contribution in [1.82, 2.24) is 16.0 Å². The Morgan fingerprint density at radius 3 is 1.68 bits per heavy atom. The van der Waals surface area contributed by atoms with Crippen LogP contribution >= 0.6 is 11.8 Å². The van der Waals surface area contributed by atoms with Crippen LogP contribution in [0.4, 0.5) is 0 Å². The zero-order valence-electron chi connectivity index (χ0n) is 15.7. The first kappa shape index (κ1) is 26.2. The highest BCUT2D eigenvalue weighted by Gasteiger charge is 2.00. The third kappa shape index (κ3) is 31.6. The Labute approximate surface area is 141 Å². The van der Waals surface area contributed by atoms with Crippen LogP contribution in [0.3, 0.4) is 0 Å².